The topological polar surface area (TPSA) is 84.3 Å². The molecule has 2 aromatic heterocycles. The summed E-state index contributed by atoms with van der Waals surface area (Å²) in [5.41, 5.74) is 2.16. The van der Waals surface area contributed by atoms with Gasteiger partial charge in [0.1, 0.15) is 11.9 Å². The lowest BCUT2D eigenvalue weighted by Gasteiger charge is -2.36. The first-order valence-corrected chi connectivity index (χ1v) is 12.0. The van der Waals surface area contributed by atoms with Crippen LogP contribution in [0.25, 0.3) is 5.69 Å². The normalized spacial score (nSPS) is 14.6. The zero-order chi connectivity index (χ0) is 25.9. The van der Waals surface area contributed by atoms with Crippen LogP contribution in [0.3, 0.4) is 0 Å². The molecule has 2 aromatic carbocycles. The van der Waals surface area contributed by atoms with E-state index in [1.807, 2.05) is 12.1 Å². The number of amides is 2. The van der Waals surface area contributed by atoms with E-state index in [9.17, 15) is 14.4 Å². The predicted octanol–water partition coefficient (Wildman–Crippen LogP) is 4.33. The lowest BCUT2D eigenvalue weighted by atomic mass is 9.91. The van der Waals surface area contributed by atoms with Gasteiger partial charge in [-0.25, -0.2) is 4.39 Å². The average Bonchev–Trinajstić information content (AvgIpc) is 2.90. The highest BCUT2D eigenvalue weighted by molar-refractivity contribution is 6.30. The zero-order valence-electron chi connectivity index (χ0n) is 19.6. The number of pyridine rings is 2. The molecular weight excluding hydrogens is 495 g/mol. The molecule has 0 radical (unpaired) electrons. The van der Waals surface area contributed by atoms with Gasteiger partial charge in [0.15, 0.2) is 0 Å². The van der Waals surface area contributed by atoms with Crippen LogP contribution in [-0.2, 0) is 22.4 Å². The Hall–Kier alpha value is -4.30. The molecule has 0 saturated carbocycles. The number of carbonyl (C=O) groups excluding carboxylic acids is 2. The summed E-state index contributed by atoms with van der Waals surface area (Å²) in [6, 6.07) is 18.6. The number of benzene rings is 2. The summed E-state index contributed by atoms with van der Waals surface area (Å²) in [6.07, 6.45) is 3.59. The van der Waals surface area contributed by atoms with Crippen LogP contribution in [0.1, 0.15) is 22.9 Å². The summed E-state index contributed by atoms with van der Waals surface area (Å²) < 4.78 is 16.3. The second-order valence-electron chi connectivity index (χ2n) is 8.65. The molecule has 1 N–H and O–H groups in total. The van der Waals surface area contributed by atoms with E-state index in [0.717, 1.165) is 5.56 Å². The predicted molar refractivity (Wildman–Crippen MR) is 138 cm³/mol. The Morgan fingerprint density at radius 1 is 1.05 bits per heavy atom. The molecule has 0 bridgehead atoms. The average molecular weight is 517 g/mol. The second kappa shape index (κ2) is 10.4. The zero-order valence-corrected chi connectivity index (χ0v) is 20.4. The Balaban J connectivity index is 1.42. The minimum absolute atomic E-state index is 0.00198. The van der Waals surface area contributed by atoms with Crippen LogP contribution in [0.15, 0.2) is 90.0 Å². The summed E-state index contributed by atoms with van der Waals surface area (Å²) in [5, 5.41) is 3.11. The van der Waals surface area contributed by atoms with E-state index in [4.69, 9.17) is 11.6 Å². The minimum Gasteiger partial charge on any atom is -0.326 e. The number of anilines is 1. The third-order valence-corrected chi connectivity index (χ3v) is 6.51. The van der Waals surface area contributed by atoms with Crippen molar-refractivity contribution in [3.05, 3.63) is 123 Å². The molecule has 37 heavy (non-hydrogen) atoms. The fourth-order valence-electron chi connectivity index (χ4n) is 4.48. The quantitative estimate of drug-likeness (QED) is 0.428. The molecule has 4 aromatic rings. The maximum Gasteiger partial charge on any atom is 0.255 e. The van der Waals surface area contributed by atoms with Crippen LogP contribution >= 0.6 is 11.6 Å². The van der Waals surface area contributed by atoms with Gasteiger partial charge in [-0.05, 0) is 47.9 Å². The molecule has 5 rings (SSSR count). The fraction of sp³-hybridized carbons (Fsp3) is 0.143. The number of aromatic nitrogens is 2. The van der Waals surface area contributed by atoms with Gasteiger partial charge in [0.05, 0.1) is 22.8 Å². The van der Waals surface area contributed by atoms with Gasteiger partial charge in [-0.2, -0.15) is 0 Å². The number of nitrogens with one attached hydrogen (secondary N) is 1. The molecule has 1 unspecified atom stereocenters. The maximum atomic E-state index is 15.0. The van der Waals surface area contributed by atoms with E-state index in [-0.39, 0.29) is 23.6 Å². The summed E-state index contributed by atoms with van der Waals surface area (Å²) in [5.74, 6) is -1.51. The monoisotopic (exact) mass is 516 g/mol. The van der Waals surface area contributed by atoms with E-state index in [0.29, 0.717) is 34.9 Å². The first-order valence-electron chi connectivity index (χ1n) is 11.7. The van der Waals surface area contributed by atoms with Gasteiger partial charge in [-0.15, -0.1) is 0 Å². The molecule has 7 nitrogen and oxygen atoms in total. The molecule has 1 atom stereocenters. The molecular formula is C28H22ClFN4O3. The van der Waals surface area contributed by atoms with Crippen molar-refractivity contribution in [2.45, 2.75) is 18.9 Å². The highest BCUT2D eigenvalue weighted by Crippen LogP contribution is 2.32. The number of hydrogen-bond acceptors (Lipinski definition) is 4. The van der Waals surface area contributed by atoms with E-state index in [1.54, 1.807) is 42.5 Å². The van der Waals surface area contributed by atoms with Crippen molar-refractivity contribution in [1.29, 1.82) is 0 Å². The third kappa shape index (κ3) is 5.15. The number of hydrogen-bond donors (Lipinski definition) is 1. The second-order valence-corrected chi connectivity index (χ2v) is 9.08. The first kappa shape index (κ1) is 24.4. The number of carbonyl (C=O) groups is 2. The molecule has 9 heteroatoms. The van der Waals surface area contributed by atoms with Crippen LogP contribution in [0.4, 0.5) is 10.1 Å². The van der Waals surface area contributed by atoms with Crippen molar-refractivity contribution >= 4 is 29.1 Å². The Kier molecular flexibility index (Phi) is 6.83. The Bertz CT molecular complexity index is 1540. The lowest BCUT2D eigenvalue weighted by Crippen LogP contribution is -2.46. The largest absolute Gasteiger partial charge is 0.326 e. The summed E-state index contributed by atoms with van der Waals surface area (Å²) in [4.78, 5) is 44.6. The first-order chi connectivity index (χ1) is 17.9. The SMILES string of the molecule is O=C(Nc1ccc(-n2ccccc2=O)cc1F)C1c2ccccc2CCN1C(=O)Cc1ccc(Cl)cn1. The van der Waals surface area contributed by atoms with Crippen molar-refractivity contribution in [2.75, 3.05) is 11.9 Å². The maximum absolute atomic E-state index is 15.0. The van der Waals surface area contributed by atoms with Gasteiger partial charge in [-0.1, -0.05) is 41.9 Å². The van der Waals surface area contributed by atoms with Crippen molar-refractivity contribution in [3.8, 4) is 5.69 Å². The van der Waals surface area contributed by atoms with Crippen molar-refractivity contribution in [3.63, 3.8) is 0 Å². The molecule has 2 amide bonds. The van der Waals surface area contributed by atoms with Crippen LogP contribution in [0.5, 0.6) is 0 Å². The molecule has 3 heterocycles. The van der Waals surface area contributed by atoms with Crippen LogP contribution in [-0.4, -0.2) is 32.8 Å². The third-order valence-electron chi connectivity index (χ3n) is 6.28. The van der Waals surface area contributed by atoms with E-state index in [1.165, 1.54) is 40.1 Å². The van der Waals surface area contributed by atoms with Crippen LogP contribution < -0.4 is 10.9 Å². The standard InChI is InChI=1S/C28H22ClFN4O3/c29-19-8-9-20(31-17-19)15-26(36)34-14-12-18-5-1-2-6-22(18)27(34)28(37)32-24-11-10-21(16-23(24)30)33-13-4-3-7-25(33)35/h1-11,13,16-17,27H,12,14-15H2,(H,32,37). The van der Waals surface area contributed by atoms with Crippen LogP contribution in [0, 0.1) is 5.82 Å². The van der Waals surface area contributed by atoms with Gasteiger partial charge < -0.3 is 10.2 Å². The molecule has 0 fully saturated rings. The van der Waals surface area contributed by atoms with Gasteiger partial charge in [0.25, 0.3) is 11.5 Å². The van der Waals surface area contributed by atoms with E-state index in [2.05, 4.69) is 10.3 Å². The summed E-state index contributed by atoms with van der Waals surface area (Å²) in [6.45, 7) is 0.333. The number of rotatable bonds is 5. The van der Waals surface area contributed by atoms with Gasteiger partial charge in [0, 0.05) is 36.8 Å². The summed E-state index contributed by atoms with van der Waals surface area (Å²) >= 11 is 5.90. The molecule has 0 aliphatic carbocycles. The van der Waals surface area contributed by atoms with Gasteiger partial charge >= 0.3 is 0 Å². The number of fused-ring (bicyclic) bond motifs is 1. The molecule has 1 aliphatic rings. The number of nitrogens with zero attached hydrogens (tertiary/aromatic N) is 3. The Morgan fingerprint density at radius 3 is 2.62 bits per heavy atom. The number of halogens is 2. The molecule has 1 aliphatic heterocycles. The smallest absolute Gasteiger partial charge is 0.255 e. The van der Waals surface area contributed by atoms with Crippen LogP contribution in [0.2, 0.25) is 5.02 Å². The molecule has 186 valence electrons. The van der Waals surface area contributed by atoms with Gasteiger partial charge in [-0.3, -0.25) is 23.9 Å². The highest BCUT2D eigenvalue weighted by Gasteiger charge is 2.36. The Labute approximate surface area is 217 Å². The molecule has 0 spiro atoms. The summed E-state index contributed by atoms with van der Waals surface area (Å²) in [7, 11) is 0. The lowest BCUT2D eigenvalue weighted by molar-refractivity contribution is -0.139. The Morgan fingerprint density at radius 2 is 1.86 bits per heavy atom. The van der Waals surface area contributed by atoms with E-state index < -0.39 is 17.8 Å². The van der Waals surface area contributed by atoms with Crippen molar-refractivity contribution < 1.29 is 14.0 Å². The fourth-order valence-corrected chi connectivity index (χ4v) is 4.59. The van der Waals surface area contributed by atoms with Gasteiger partial charge in [0.2, 0.25) is 5.91 Å². The highest BCUT2D eigenvalue weighted by atomic mass is 35.5. The van der Waals surface area contributed by atoms with Crippen molar-refractivity contribution in [2.24, 2.45) is 0 Å². The molecule has 0 saturated heterocycles. The van der Waals surface area contributed by atoms with E-state index >= 15 is 4.39 Å². The van der Waals surface area contributed by atoms with Crippen molar-refractivity contribution in [1.82, 2.24) is 14.5 Å². The minimum atomic E-state index is -0.944.